The molecule has 0 aliphatic carbocycles. The first-order valence-corrected chi connectivity index (χ1v) is 8.47. The number of hydrogen-bond acceptors (Lipinski definition) is 5. The molecule has 1 aromatic carbocycles. The summed E-state index contributed by atoms with van der Waals surface area (Å²) in [5, 5.41) is 9.43. The lowest BCUT2D eigenvalue weighted by Crippen LogP contribution is -2.37. The number of ether oxygens (including phenoxy) is 1. The summed E-state index contributed by atoms with van der Waals surface area (Å²) in [7, 11) is 1.54. The number of rotatable bonds is 6. The van der Waals surface area contributed by atoms with Gasteiger partial charge in [-0.05, 0) is 37.3 Å². The average Bonchev–Trinajstić information content (AvgIpc) is 3.08. The van der Waals surface area contributed by atoms with Crippen LogP contribution in [0.5, 0.6) is 0 Å². The van der Waals surface area contributed by atoms with Crippen molar-refractivity contribution in [2.24, 2.45) is 0 Å². The number of nitrogens with zero attached hydrogens (tertiary/aromatic N) is 2. The minimum atomic E-state index is -1.00. The monoisotopic (exact) mass is 394 g/mol. The molecule has 0 unspecified atom stereocenters. The van der Waals surface area contributed by atoms with Gasteiger partial charge in [0, 0.05) is 24.2 Å². The molecule has 1 heterocycles. The zero-order chi connectivity index (χ0) is 19.3. The molecule has 6 nitrogen and oxygen atoms in total. The molecular formula is C18H16Cl2N2O4. The van der Waals surface area contributed by atoms with Crippen LogP contribution < -0.4 is 0 Å². The number of likely N-dealkylation sites (N-methyl/N-ethyl adjacent to an activating group) is 1. The predicted octanol–water partition coefficient (Wildman–Crippen LogP) is 4.17. The van der Waals surface area contributed by atoms with E-state index in [1.165, 1.54) is 24.9 Å². The van der Waals surface area contributed by atoms with Gasteiger partial charge in [0.05, 0.1) is 17.5 Å². The summed E-state index contributed by atoms with van der Waals surface area (Å²) < 4.78 is 10.6. The minimum absolute atomic E-state index is 0.0506. The first-order chi connectivity index (χ1) is 12.3. The Hall–Kier alpha value is -2.49. The first kappa shape index (κ1) is 19.8. The first-order valence-electron chi connectivity index (χ1n) is 7.71. The molecule has 1 atom stereocenters. The summed E-state index contributed by atoms with van der Waals surface area (Å²) >= 11 is 12.0. The third-order valence-electron chi connectivity index (χ3n) is 3.57. The van der Waals surface area contributed by atoms with Crippen molar-refractivity contribution < 1.29 is 18.7 Å². The number of benzene rings is 1. The van der Waals surface area contributed by atoms with Crippen LogP contribution >= 0.6 is 23.2 Å². The Morgan fingerprint density at radius 2 is 2.04 bits per heavy atom. The fourth-order valence-electron chi connectivity index (χ4n) is 2.19. The molecule has 0 aliphatic heterocycles. The summed E-state index contributed by atoms with van der Waals surface area (Å²) in [6, 6.07) is 9.87. The molecule has 8 heteroatoms. The fourth-order valence-corrected chi connectivity index (χ4v) is 2.69. The fraction of sp³-hybridized carbons (Fsp3) is 0.278. The second-order valence-corrected chi connectivity index (χ2v) is 6.35. The Labute approximate surface area is 160 Å². The van der Waals surface area contributed by atoms with Gasteiger partial charge in [0.15, 0.2) is 6.10 Å². The number of carbonyl (C=O) groups is 2. The molecule has 1 aromatic heterocycles. The van der Waals surface area contributed by atoms with E-state index in [9.17, 15) is 9.59 Å². The van der Waals surface area contributed by atoms with Gasteiger partial charge >= 0.3 is 5.97 Å². The summed E-state index contributed by atoms with van der Waals surface area (Å²) in [6.45, 7) is 1.72. The number of hydrogen-bond donors (Lipinski definition) is 0. The van der Waals surface area contributed by atoms with Crippen LogP contribution in [-0.4, -0.2) is 36.5 Å². The predicted molar refractivity (Wildman–Crippen MR) is 96.9 cm³/mol. The molecule has 0 fully saturated rings. The topological polar surface area (TPSA) is 83.5 Å². The van der Waals surface area contributed by atoms with Crippen LogP contribution in [-0.2, 0) is 9.53 Å². The van der Waals surface area contributed by atoms with Crippen molar-refractivity contribution in [1.82, 2.24) is 4.90 Å². The molecule has 2 aromatic rings. The molecule has 0 aliphatic rings. The maximum absolute atomic E-state index is 12.2. The highest BCUT2D eigenvalue weighted by molar-refractivity contribution is 6.36. The highest BCUT2D eigenvalue weighted by Gasteiger charge is 2.24. The lowest BCUT2D eigenvalue weighted by atomic mass is 10.2. The second kappa shape index (κ2) is 8.75. The van der Waals surface area contributed by atoms with Crippen molar-refractivity contribution in [3.05, 3.63) is 46.1 Å². The molecule has 2 rings (SSSR count). The van der Waals surface area contributed by atoms with Gasteiger partial charge < -0.3 is 14.1 Å². The largest absolute Gasteiger partial charge is 0.449 e. The Morgan fingerprint density at radius 1 is 1.31 bits per heavy atom. The maximum Gasteiger partial charge on any atom is 0.375 e. The summed E-state index contributed by atoms with van der Waals surface area (Å²) in [5.74, 6) is -0.842. The van der Waals surface area contributed by atoms with Crippen molar-refractivity contribution in [3.8, 4) is 17.4 Å². The van der Waals surface area contributed by atoms with Crippen molar-refractivity contribution >= 4 is 35.1 Å². The van der Waals surface area contributed by atoms with Gasteiger partial charge in [0.2, 0.25) is 5.76 Å². The number of furan rings is 1. The Kier molecular flexibility index (Phi) is 6.67. The highest BCUT2D eigenvalue weighted by atomic mass is 35.5. The van der Waals surface area contributed by atoms with E-state index in [1.54, 1.807) is 24.3 Å². The quantitative estimate of drug-likeness (QED) is 0.686. The van der Waals surface area contributed by atoms with Gasteiger partial charge in [-0.15, -0.1) is 0 Å². The van der Waals surface area contributed by atoms with Crippen molar-refractivity contribution in [2.75, 3.05) is 13.6 Å². The molecule has 136 valence electrons. The Morgan fingerprint density at radius 3 is 2.69 bits per heavy atom. The van der Waals surface area contributed by atoms with Crippen molar-refractivity contribution in [2.45, 2.75) is 19.4 Å². The van der Waals surface area contributed by atoms with Gasteiger partial charge in [0.1, 0.15) is 5.76 Å². The number of carbonyl (C=O) groups excluding carboxylic acids is 2. The molecular weight excluding hydrogens is 379 g/mol. The van der Waals surface area contributed by atoms with Gasteiger partial charge in [-0.3, -0.25) is 4.79 Å². The van der Waals surface area contributed by atoms with Crippen LogP contribution in [0.4, 0.5) is 0 Å². The lowest BCUT2D eigenvalue weighted by molar-refractivity contribution is -0.138. The van der Waals surface area contributed by atoms with Crippen molar-refractivity contribution in [3.63, 3.8) is 0 Å². The zero-order valence-electron chi connectivity index (χ0n) is 14.2. The van der Waals surface area contributed by atoms with E-state index in [2.05, 4.69) is 0 Å². The van der Waals surface area contributed by atoms with E-state index >= 15 is 0 Å². The Balaban J connectivity index is 2.06. The average molecular weight is 395 g/mol. The minimum Gasteiger partial charge on any atom is -0.449 e. The van der Waals surface area contributed by atoms with Crippen LogP contribution in [0.3, 0.4) is 0 Å². The van der Waals surface area contributed by atoms with Crippen LogP contribution in [0.25, 0.3) is 11.3 Å². The number of nitriles is 1. The summed E-state index contributed by atoms with van der Waals surface area (Å²) in [5.41, 5.74) is 0.579. The van der Waals surface area contributed by atoms with Gasteiger partial charge in [-0.25, -0.2) is 4.79 Å². The van der Waals surface area contributed by atoms with Crippen LogP contribution in [0.2, 0.25) is 10.0 Å². The molecule has 0 saturated carbocycles. The molecule has 0 saturated heterocycles. The second-order valence-electron chi connectivity index (χ2n) is 5.50. The number of amides is 1. The van der Waals surface area contributed by atoms with Crippen LogP contribution in [0.15, 0.2) is 34.7 Å². The number of halogens is 2. The third kappa shape index (κ3) is 4.78. The van der Waals surface area contributed by atoms with E-state index in [1.807, 2.05) is 6.07 Å². The smallest absolute Gasteiger partial charge is 0.375 e. The molecule has 0 bridgehead atoms. The molecule has 0 spiro atoms. The van der Waals surface area contributed by atoms with E-state index in [-0.39, 0.29) is 18.7 Å². The van der Waals surface area contributed by atoms with E-state index in [4.69, 9.17) is 37.6 Å². The molecule has 26 heavy (non-hydrogen) atoms. The molecule has 0 N–H and O–H groups in total. The van der Waals surface area contributed by atoms with E-state index in [0.717, 1.165) is 0 Å². The highest BCUT2D eigenvalue weighted by Crippen LogP contribution is 2.31. The standard InChI is InChI=1S/C18H16Cl2N2O4/c1-11(17(23)22(2)9-3-8-21)25-18(24)16-7-6-15(26-16)13-5-4-12(19)10-14(13)20/h4-7,10-11H,3,9H2,1-2H3/t11-/m1/s1. The zero-order valence-corrected chi connectivity index (χ0v) is 15.7. The van der Waals surface area contributed by atoms with Gasteiger partial charge in [0.25, 0.3) is 5.91 Å². The van der Waals surface area contributed by atoms with Gasteiger partial charge in [-0.2, -0.15) is 5.26 Å². The molecule has 0 radical (unpaired) electrons. The van der Waals surface area contributed by atoms with Crippen LogP contribution in [0, 0.1) is 11.3 Å². The van der Waals surface area contributed by atoms with Gasteiger partial charge in [-0.1, -0.05) is 23.2 Å². The maximum atomic E-state index is 12.2. The summed E-state index contributed by atoms with van der Waals surface area (Å²) in [6.07, 6.45) is -0.800. The Bertz CT molecular complexity index is 857. The molecule has 1 amide bonds. The van der Waals surface area contributed by atoms with E-state index < -0.39 is 18.0 Å². The normalized spacial score (nSPS) is 11.5. The SMILES string of the molecule is C[C@@H](OC(=O)c1ccc(-c2ccc(Cl)cc2Cl)o1)C(=O)N(C)CCC#N. The third-order valence-corrected chi connectivity index (χ3v) is 4.12. The van der Waals surface area contributed by atoms with Crippen molar-refractivity contribution in [1.29, 1.82) is 5.26 Å². The van der Waals surface area contributed by atoms with E-state index in [0.29, 0.717) is 21.4 Å². The lowest BCUT2D eigenvalue weighted by Gasteiger charge is -2.20. The number of esters is 1. The van der Waals surface area contributed by atoms with Crippen LogP contribution in [0.1, 0.15) is 23.9 Å². The summed E-state index contributed by atoms with van der Waals surface area (Å²) in [4.78, 5) is 25.6.